The van der Waals surface area contributed by atoms with Crippen molar-refractivity contribution >= 4 is 29.7 Å². The van der Waals surface area contributed by atoms with Crippen LogP contribution in [0.3, 0.4) is 0 Å². The standard InChI is InChI=1S/C24H21ClN2O6/c1-30-18-8-4-16(5-9-18)23(28)27-26-14-15-12-20(25)22(21(13-15)32-3)33-24(29)17-6-10-19(31-2)11-7-17/h4-14H,1-3H3,(H,27,28)/b26-14-. The molecule has 3 aromatic rings. The van der Waals surface area contributed by atoms with Gasteiger partial charge in [0.2, 0.25) is 0 Å². The summed E-state index contributed by atoms with van der Waals surface area (Å²) in [6.07, 6.45) is 1.39. The number of carbonyl (C=O) groups is 2. The van der Waals surface area contributed by atoms with Crippen molar-refractivity contribution in [2.75, 3.05) is 21.3 Å². The summed E-state index contributed by atoms with van der Waals surface area (Å²) < 4.78 is 20.9. The van der Waals surface area contributed by atoms with Crippen LogP contribution < -0.4 is 24.4 Å². The Morgan fingerprint density at radius 1 is 0.848 bits per heavy atom. The van der Waals surface area contributed by atoms with Gasteiger partial charge in [-0.3, -0.25) is 4.79 Å². The number of hydrogen-bond donors (Lipinski definition) is 1. The number of nitrogens with zero attached hydrogens (tertiary/aromatic N) is 1. The normalized spacial score (nSPS) is 10.5. The number of ether oxygens (including phenoxy) is 4. The fourth-order valence-corrected chi connectivity index (χ4v) is 3.02. The molecular formula is C24H21ClN2O6. The first kappa shape index (κ1) is 23.6. The van der Waals surface area contributed by atoms with E-state index >= 15 is 0 Å². The molecule has 0 fully saturated rings. The Morgan fingerprint density at radius 2 is 1.42 bits per heavy atom. The van der Waals surface area contributed by atoms with Crippen LogP contribution in [0.4, 0.5) is 0 Å². The van der Waals surface area contributed by atoms with Crippen molar-refractivity contribution in [1.29, 1.82) is 0 Å². The highest BCUT2D eigenvalue weighted by molar-refractivity contribution is 6.32. The number of esters is 1. The third kappa shape index (κ3) is 6.02. The van der Waals surface area contributed by atoms with Gasteiger partial charge in [0.15, 0.2) is 11.5 Å². The van der Waals surface area contributed by atoms with E-state index in [9.17, 15) is 9.59 Å². The summed E-state index contributed by atoms with van der Waals surface area (Å²) >= 11 is 6.32. The van der Waals surface area contributed by atoms with Crippen molar-refractivity contribution in [3.8, 4) is 23.0 Å². The molecule has 0 atom stereocenters. The molecular weight excluding hydrogens is 448 g/mol. The Balaban J connectivity index is 1.70. The van der Waals surface area contributed by atoms with Crippen LogP contribution in [0, 0.1) is 0 Å². The Hall–Kier alpha value is -4.04. The van der Waals surface area contributed by atoms with Gasteiger partial charge in [0.05, 0.1) is 38.1 Å². The minimum atomic E-state index is -0.606. The zero-order valence-electron chi connectivity index (χ0n) is 18.1. The third-order valence-electron chi connectivity index (χ3n) is 4.50. The molecule has 1 amide bonds. The second-order valence-electron chi connectivity index (χ2n) is 6.58. The molecule has 0 unspecified atom stereocenters. The molecule has 0 aromatic heterocycles. The Labute approximate surface area is 195 Å². The van der Waals surface area contributed by atoms with Crippen LogP contribution >= 0.6 is 11.6 Å². The average Bonchev–Trinajstić information content (AvgIpc) is 2.85. The maximum atomic E-state index is 12.5. The molecule has 3 rings (SSSR count). The lowest BCUT2D eigenvalue weighted by Crippen LogP contribution is -2.17. The van der Waals surface area contributed by atoms with Crippen molar-refractivity contribution in [3.05, 3.63) is 82.4 Å². The summed E-state index contributed by atoms with van der Waals surface area (Å²) in [6, 6.07) is 16.2. The second-order valence-corrected chi connectivity index (χ2v) is 6.99. The predicted molar refractivity (Wildman–Crippen MR) is 124 cm³/mol. The van der Waals surface area contributed by atoms with Gasteiger partial charge in [-0.1, -0.05) is 11.6 Å². The molecule has 0 aliphatic carbocycles. The predicted octanol–water partition coefficient (Wildman–Crippen LogP) is 4.35. The maximum absolute atomic E-state index is 12.5. The number of methoxy groups -OCH3 is 3. The maximum Gasteiger partial charge on any atom is 0.343 e. The molecule has 0 bridgehead atoms. The van der Waals surface area contributed by atoms with Crippen LogP contribution in [0.25, 0.3) is 0 Å². The van der Waals surface area contributed by atoms with E-state index in [1.807, 2.05) is 0 Å². The molecule has 0 aliphatic rings. The van der Waals surface area contributed by atoms with Crippen LogP contribution in [0.5, 0.6) is 23.0 Å². The van der Waals surface area contributed by atoms with Crippen LogP contribution in [0.15, 0.2) is 65.8 Å². The van der Waals surface area contributed by atoms with Crippen molar-refractivity contribution in [3.63, 3.8) is 0 Å². The number of halogens is 1. The van der Waals surface area contributed by atoms with E-state index < -0.39 is 11.9 Å². The van der Waals surface area contributed by atoms with Gasteiger partial charge >= 0.3 is 5.97 Å². The van der Waals surface area contributed by atoms with Crippen LogP contribution in [0.2, 0.25) is 5.02 Å². The Morgan fingerprint density at radius 3 is 1.97 bits per heavy atom. The van der Waals surface area contributed by atoms with E-state index in [1.54, 1.807) is 61.7 Å². The molecule has 0 spiro atoms. The first-order valence-electron chi connectivity index (χ1n) is 9.66. The molecule has 170 valence electrons. The molecule has 0 saturated carbocycles. The zero-order valence-corrected chi connectivity index (χ0v) is 18.9. The van der Waals surface area contributed by atoms with Crippen LogP contribution in [-0.4, -0.2) is 39.4 Å². The highest BCUT2D eigenvalue weighted by Crippen LogP contribution is 2.36. The van der Waals surface area contributed by atoms with Gasteiger partial charge in [-0.25, -0.2) is 10.2 Å². The van der Waals surface area contributed by atoms with E-state index in [2.05, 4.69) is 10.5 Å². The van der Waals surface area contributed by atoms with Gasteiger partial charge in [-0.05, 0) is 66.2 Å². The summed E-state index contributed by atoms with van der Waals surface area (Å²) in [5.74, 6) is 0.559. The first-order chi connectivity index (χ1) is 15.9. The second kappa shape index (κ2) is 11.0. The lowest BCUT2D eigenvalue weighted by Gasteiger charge is -2.12. The number of hydrazone groups is 1. The van der Waals surface area contributed by atoms with Crippen molar-refractivity contribution < 1.29 is 28.5 Å². The molecule has 8 nitrogen and oxygen atoms in total. The summed E-state index contributed by atoms with van der Waals surface area (Å²) in [4.78, 5) is 24.7. The lowest BCUT2D eigenvalue weighted by atomic mass is 10.2. The largest absolute Gasteiger partial charge is 0.497 e. The fraction of sp³-hybridized carbons (Fsp3) is 0.125. The topological polar surface area (TPSA) is 95.5 Å². The van der Waals surface area contributed by atoms with E-state index in [0.29, 0.717) is 28.2 Å². The minimum Gasteiger partial charge on any atom is -0.497 e. The number of amides is 1. The molecule has 0 aliphatic heterocycles. The molecule has 0 radical (unpaired) electrons. The smallest absolute Gasteiger partial charge is 0.343 e. The van der Waals surface area contributed by atoms with Gasteiger partial charge in [-0.2, -0.15) is 5.10 Å². The molecule has 3 aromatic carbocycles. The van der Waals surface area contributed by atoms with Crippen molar-refractivity contribution in [2.24, 2.45) is 5.10 Å². The first-order valence-corrected chi connectivity index (χ1v) is 10.0. The molecule has 9 heteroatoms. The number of rotatable bonds is 8. The van der Waals surface area contributed by atoms with Crippen LogP contribution in [0.1, 0.15) is 26.3 Å². The lowest BCUT2D eigenvalue weighted by molar-refractivity contribution is 0.0729. The average molecular weight is 469 g/mol. The van der Waals surface area contributed by atoms with E-state index in [1.165, 1.54) is 26.5 Å². The van der Waals surface area contributed by atoms with Crippen molar-refractivity contribution in [1.82, 2.24) is 5.43 Å². The molecule has 33 heavy (non-hydrogen) atoms. The third-order valence-corrected chi connectivity index (χ3v) is 4.78. The van der Waals surface area contributed by atoms with Gasteiger partial charge in [0.1, 0.15) is 11.5 Å². The Kier molecular flexibility index (Phi) is 7.88. The van der Waals surface area contributed by atoms with E-state index in [0.717, 1.165) is 0 Å². The highest BCUT2D eigenvalue weighted by atomic mass is 35.5. The molecule has 0 saturated heterocycles. The summed E-state index contributed by atoms with van der Waals surface area (Å²) in [5.41, 5.74) is 3.69. The Bertz CT molecular complexity index is 1160. The number of benzene rings is 3. The van der Waals surface area contributed by atoms with Gasteiger partial charge in [-0.15, -0.1) is 0 Å². The molecule has 1 N–H and O–H groups in total. The van der Waals surface area contributed by atoms with Gasteiger partial charge in [0, 0.05) is 5.56 Å². The van der Waals surface area contributed by atoms with E-state index in [-0.39, 0.29) is 16.5 Å². The SMILES string of the molecule is COc1ccc(C(=O)N/N=C\c2cc(Cl)c(OC(=O)c3ccc(OC)cc3)c(OC)c2)cc1. The van der Waals surface area contributed by atoms with Crippen molar-refractivity contribution in [2.45, 2.75) is 0 Å². The minimum absolute atomic E-state index is 0.0689. The zero-order chi connectivity index (χ0) is 23.8. The van der Waals surface area contributed by atoms with Gasteiger partial charge in [0.25, 0.3) is 5.91 Å². The summed E-state index contributed by atoms with van der Waals surface area (Å²) in [5, 5.41) is 4.08. The summed E-state index contributed by atoms with van der Waals surface area (Å²) in [7, 11) is 4.50. The fourth-order valence-electron chi connectivity index (χ4n) is 2.76. The quantitative estimate of drug-likeness (QED) is 0.228. The highest BCUT2D eigenvalue weighted by Gasteiger charge is 2.17. The number of carbonyl (C=O) groups excluding carboxylic acids is 2. The molecule has 0 heterocycles. The van der Waals surface area contributed by atoms with E-state index in [4.69, 9.17) is 30.5 Å². The van der Waals surface area contributed by atoms with Gasteiger partial charge < -0.3 is 18.9 Å². The van der Waals surface area contributed by atoms with Crippen LogP contribution in [-0.2, 0) is 0 Å². The number of hydrogen-bond acceptors (Lipinski definition) is 7. The summed E-state index contributed by atoms with van der Waals surface area (Å²) in [6.45, 7) is 0. The number of nitrogens with one attached hydrogen (secondary N) is 1. The monoisotopic (exact) mass is 468 g/mol.